The van der Waals surface area contributed by atoms with Gasteiger partial charge in [-0.2, -0.15) is 0 Å². The molecular weight excluding hydrogens is 492 g/mol. The molecule has 0 radical (unpaired) electrons. The van der Waals surface area contributed by atoms with Gasteiger partial charge in [-0.3, -0.25) is 9.59 Å². The largest absolute Gasteiger partial charge is 0.352 e. The van der Waals surface area contributed by atoms with E-state index in [4.69, 9.17) is 11.6 Å². The average Bonchev–Trinajstić information content (AvgIpc) is 3.43. The van der Waals surface area contributed by atoms with E-state index >= 15 is 0 Å². The van der Waals surface area contributed by atoms with Gasteiger partial charge in [0, 0.05) is 30.5 Å². The van der Waals surface area contributed by atoms with Gasteiger partial charge >= 0.3 is 0 Å². The second kappa shape index (κ2) is 13.6. The quantitative estimate of drug-likeness (QED) is 0.287. The summed E-state index contributed by atoms with van der Waals surface area (Å²) in [5.41, 5.74) is 4.36. The van der Waals surface area contributed by atoms with Crippen molar-refractivity contribution in [1.29, 1.82) is 0 Å². The first-order chi connectivity index (χ1) is 18.4. The van der Waals surface area contributed by atoms with E-state index in [2.05, 4.69) is 43.4 Å². The Labute approximate surface area is 232 Å². The molecule has 200 valence electrons. The Balaban J connectivity index is 1.59. The summed E-state index contributed by atoms with van der Waals surface area (Å²) in [6.45, 7) is 4.69. The van der Waals surface area contributed by atoms with Crippen LogP contribution in [0, 0.1) is 0 Å². The van der Waals surface area contributed by atoms with Crippen molar-refractivity contribution in [2.45, 2.75) is 83.3 Å². The van der Waals surface area contributed by atoms with Gasteiger partial charge in [0.15, 0.2) is 0 Å². The zero-order valence-electron chi connectivity index (χ0n) is 22.5. The number of carbonyl (C=O) groups is 2. The summed E-state index contributed by atoms with van der Waals surface area (Å²) >= 11 is 6.29. The molecule has 1 fully saturated rings. The number of nitrogens with one attached hydrogen (secondary N) is 1. The first kappa shape index (κ1) is 27.9. The van der Waals surface area contributed by atoms with Crippen LogP contribution in [0.5, 0.6) is 0 Å². The highest BCUT2D eigenvalue weighted by Crippen LogP contribution is 2.22. The van der Waals surface area contributed by atoms with Crippen molar-refractivity contribution in [3.05, 3.63) is 106 Å². The van der Waals surface area contributed by atoms with Crippen LogP contribution in [-0.2, 0) is 29.0 Å². The number of nitrogens with zero attached hydrogens (tertiary/aromatic N) is 1. The summed E-state index contributed by atoms with van der Waals surface area (Å²) < 4.78 is 0. The maximum atomic E-state index is 13.9. The first-order valence-corrected chi connectivity index (χ1v) is 14.2. The molecule has 0 heterocycles. The molecular formula is C33H39ClN2O2. The van der Waals surface area contributed by atoms with Gasteiger partial charge in [-0.05, 0) is 59.6 Å². The minimum absolute atomic E-state index is 0.0274. The Morgan fingerprint density at radius 1 is 0.895 bits per heavy atom. The standard InChI is InChI=1S/C33H39ClN2O2/c1-24(2)28-18-15-25(16-19-28)17-20-32(37)36(23-27-11-8-12-29(34)21-27)31(22-26-9-4-3-5-10-26)33(38)35-30-13-6-7-14-30/h3-5,8-12,15-16,18-19,21,24,30-31H,6-7,13-14,17,20,22-23H2,1-2H3,(H,35,38). The van der Waals surface area contributed by atoms with Gasteiger partial charge in [-0.1, -0.05) is 105 Å². The van der Waals surface area contributed by atoms with Crippen molar-refractivity contribution in [3.8, 4) is 0 Å². The summed E-state index contributed by atoms with van der Waals surface area (Å²) in [4.78, 5) is 29.4. The Hall–Kier alpha value is -3.11. The first-order valence-electron chi connectivity index (χ1n) is 13.9. The molecule has 0 spiro atoms. The highest BCUT2D eigenvalue weighted by Gasteiger charge is 2.32. The molecule has 1 aliphatic rings. The summed E-state index contributed by atoms with van der Waals surface area (Å²) in [6, 6.07) is 25.6. The fourth-order valence-corrected chi connectivity index (χ4v) is 5.43. The molecule has 5 heteroatoms. The van der Waals surface area contributed by atoms with Crippen LogP contribution in [0.2, 0.25) is 5.02 Å². The summed E-state index contributed by atoms with van der Waals surface area (Å²) in [5, 5.41) is 3.88. The van der Waals surface area contributed by atoms with Gasteiger partial charge in [0.1, 0.15) is 6.04 Å². The van der Waals surface area contributed by atoms with Crippen molar-refractivity contribution < 1.29 is 9.59 Å². The zero-order chi connectivity index (χ0) is 26.9. The third-order valence-electron chi connectivity index (χ3n) is 7.49. The van der Waals surface area contributed by atoms with E-state index in [0.29, 0.717) is 36.7 Å². The van der Waals surface area contributed by atoms with E-state index in [1.54, 1.807) is 4.90 Å². The molecule has 0 saturated heterocycles. The fourth-order valence-electron chi connectivity index (χ4n) is 5.22. The summed E-state index contributed by atoms with van der Waals surface area (Å²) in [6.07, 6.45) is 5.70. The predicted molar refractivity (Wildman–Crippen MR) is 155 cm³/mol. The Morgan fingerprint density at radius 3 is 2.24 bits per heavy atom. The van der Waals surface area contributed by atoms with Crippen LogP contribution < -0.4 is 5.32 Å². The van der Waals surface area contributed by atoms with Crippen molar-refractivity contribution >= 4 is 23.4 Å². The molecule has 1 atom stereocenters. The molecule has 2 amide bonds. The molecule has 4 rings (SSSR count). The Morgan fingerprint density at radius 2 is 1.58 bits per heavy atom. The van der Waals surface area contributed by atoms with Crippen LogP contribution in [0.4, 0.5) is 0 Å². The van der Waals surface area contributed by atoms with E-state index in [0.717, 1.165) is 42.4 Å². The lowest BCUT2D eigenvalue weighted by molar-refractivity contribution is -0.141. The van der Waals surface area contributed by atoms with Crippen molar-refractivity contribution in [2.75, 3.05) is 0 Å². The normalized spacial score (nSPS) is 14.4. The van der Waals surface area contributed by atoms with Crippen molar-refractivity contribution in [3.63, 3.8) is 0 Å². The van der Waals surface area contributed by atoms with Crippen molar-refractivity contribution in [1.82, 2.24) is 10.2 Å². The smallest absolute Gasteiger partial charge is 0.243 e. The molecule has 0 bridgehead atoms. The second-order valence-electron chi connectivity index (χ2n) is 10.7. The van der Waals surface area contributed by atoms with Gasteiger partial charge in [-0.15, -0.1) is 0 Å². The lowest BCUT2D eigenvalue weighted by atomic mass is 9.99. The highest BCUT2D eigenvalue weighted by molar-refractivity contribution is 6.30. The van der Waals surface area contributed by atoms with E-state index in [9.17, 15) is 9.59 Å². The lowest BCUT2D eigenvalue weighted by Crippen LogP contribution is -2.52. The second-order valence-corrected chi connectivity index (χ2v) is 11.2. The lowest BCUT2D eigenvalue weighted by Gasteiger charge is -2.32. The fraction of sp³-hybridized carbons (Fsp3) is 0.394. The van der Waals surface area contributed by atoms with Gasteiger partial charge in [0.2, 0.25) is 11.8 Å². The van der Waals surface area contributed by atoms with Gasteiger partial charge in [-0.25, -0.2) is 0 Å². The Bertz CT molecular complexity index is 1190. The number of rotatable bonds is 11. The third kappa shape index (κ3) is 7.94. The Kier molecular flexibility index (Phi) is 10.0. The molecule has 1 N–H and O–H groups in total. The average molecular weight is 531 g/mol. The van der Waals surface area contributed by atoms with Crippen molar-refractivity contribution in [2.24, 2.45) is 0 Å². The van der Waals surface area contributed by atoms with Gasteiger partial charge < -0.3 is 10.2 Å². The molecule has 4 nitrogen and oxygen atoms in total. The number of benzene rings is 3. The monoisotopic (exact) mass is 530 g/mol. The third-order valence-corrected chi connectivity index (χ3v) is 7.72. The number of hydrogen-bond donors (Lipinski definition) is 1. The van der Waals surface area contributed by atoms with Gasteiger partial charge in [0.05, 0.1) is 0 Å². The molecule has 3 aromatic rings. The maximum Gasteiger partial charge on any atom is 0.243 e. The molecule has 3 aromatic carbocycles. The molecule has 1 saturated carbocycles. The van der Waals surface area contributed by atoms with E-state index < -0.39 is 6.04 Å². The number of aryl methyl sites for hydroxylation is 1. The molecule has 1 aliphatic carbocycles. The zero-order valence-corrected chi connectivity index (χ0v) is 23.3. The summed E-state index contributed by atoms with van der Waals surface area (Å²) in [7, 11) is 0. The molecule has 1 unspecified atom stereocenters. The van der Waals surface area contributed by atoms with Crippen LogP contribution in [0.1, 0.15) is 74.1 Å². The molecule has 0 aromatic heterocycles. The van der Waals surface area contributed by atoms with E-state index in [-0.39, 0.29) is 17.9 Å². The number of carbonyl (C=O) groups excluding carboxylic acids is 2. The molecule has 38 heavy (non-hydrogen) atoms. The minimum Gasteiger partial charge on any atom is -0.352 e. The van der Waals surface area contributed by atoms with Crippen LogP contribution in [0.15, 0.2) is 78.9 Å². The number of halogens is 1. The summed E-state index contributed by atoms with van der Waals surface area (Å²) in [5.74, 6) is 0.369. The minimum atomic E-state index is -0.604. The number of amides is 2. The van der Waals surface area contributed by atoms with Crippen LogP contribution in [-0.4, -0.2) is 28.8 Å². The predicted octanol–water partition coefficient (Wildman–Crippen LogP) is 7.09. The van der Waals surface area contributed by atoms with Crippen LogP contribution in [0.3, 0.4) is 0 Å². The van der Waals surface area contributed by atoms with Gasteiger partial charge in [0.25, 0.3) is 0 Å². The topological polar surface area (TPSA) is 49.4 Å². The van der Waals surface area contributed by atoms with Crippen LogP contribution >= 0.6 is 11.6 Å². The number of hydrogen-bond acceptors (Lipinski definition) is 2. The highest BCUT2D eigenvalue weighted by atomic mass is 35.5. The maximum absolute atomic E-state index is 13.9. The van der Waals surface area contributed by atoms with Crippen LogP contribution in [0.25, 0.3) is 0 Å². The SMILES string of the molecule is CC(C)c1ccc(CCC(=O)N(Cc2cccc(Cl)c2)C(Cc2ccccc2)C(=O)NC2CCCC2)cc1. The molecule has 0 aliphatic heterocycles. The van der Waals surface area contributed by atoms with E-state index in [1.165, 1.54) is 5.56 Å². The van der Waals surface area contributed by atoms with E-state index in [1.807, 2.05) is 54.6 Å².